The van der Waals surface area contributed by atoms with E-state index in [-0.39, 0.29) is 17.9 Å². The van der Waals surface area contributed by atoms with Crippen LogP contribution < -0.4 is 10.1 Å². The van der Waals surface area contributed by atoms with E-state index >= 15 is 0 Å². The van der Waals surface area contributed by atoms with E-state index in [0.29, 0.717) is 36.7 Å². The summed E-state index contributed by atoms with van der Waals surface area (Å²) in [6.07, 6.45) is 3.77. The number of nitrogens with one attached hydrogen (secondary N) is 1. The molecule has 0 aromatic heterocycles. The molecule has 2 aliphatic rings. The molecule has 0 radical (unpaired) electrons. The molecular formula is C19H26N2O3. The maximum Gasteiger partial charge on any atom is 0.258 e. The van der Waals surface area contributed by atoms with E-state index in [1.807, 2.05) is 18.2 Å². The Balaban J connectivity index is 1.86. The van der Waals surface area contributed by atoms with Crippen LogP contribution in [0.1, 0.15) is 49.9 Å². The maximum atomic E-state index is 13.2. The van der Waals surface area contributed by atoms with Gasteiger partial charge in [-0.05, 0) is 43.7 Å². The van der Waals surface area contributed by atoms with Gasteiger partial charge in [0.15, 0.2) is 0 Å². The molecule has 1 aliphatic heterocycles. The van der Waals surface area contributed by atoms with Crippen molar-refractivity contribution in [3.63, 3.8) is 0 Å². The topological polar surface area (TPSA) is 58.6 Å². The Bertz CT molecular complexity index is 610. The van der Waals surface area contributed by atoms with Gasteiger partial charge in [0.1, 0.15) is 11.8 Å². The largest absolute Gasteiger partial charge is 0.490 e. The fourth-order valence-electron chi connectivity index (χ4n) is 3.07. The number of carbonyl (C=O) groups is 2. The summed E-state index contributed by atoms with van der Waals surface area (Å²) in [6.45, 7) is 5.36. The van der Waals surface area contributed by atoms with Crippen LogP contribution in [0.3, 0.4) is 0 Å². The third-order valence-electron chi connectivity index (χ3n) is 4.44. The Kier molecular flexibility index (Phi) is 5.07. The van der Waals surface area contributed by atoms with Crippen molar-refractivity contribution in [1.82, 2.24) is 10.2 Å². The second kappa shape index (κ2) is 7.24. The monoisotopic (exact) mass is 330 g/mol. The first kappa shape index (κ1) is 16.8. The van der Waals surface area contributed by atoms with E-state index in [1.165, 1.54) is 0 Å². The molecule has 1 aliphatic carbocycles. The number of hydrogen-bond donors (Lipinski definition) is 1. The van der Waals surface area contributed by atoms with Crippen LogP contribution in [0.4, 0.5) is 0 Å². The van der Waals surface area contributed by atoms with Gasteiger partial charge in [-0.15, -0.1) is 0 Å². The van der Waals surface area contributed by atoms with Crippen LogP contribution in [0, 0.1) is 5.92 Å². The number of rotatable bonds is 5. The van der Waals surface area contributed by atoms with Crippen LogP contribution >= 0.6 is 0 Å². The van der Waals surface area contributed by atoms with Crippen molar-refractivity contribution < 1.29 is 14.3 Å². The number of amides is 2. The summed E-state index contributed by atoms with van der Waals surface area (Å²) in [7, 11) is 0. The van der Waals surface area contributed by atoms with Crippen LogP contribution in [0.25, 0.3) is 0 Å². The van der Waals surface area contributed by atoms with Crippen LogP contribution in [0.2, 0.25) is 0 Å². The molecule has 1 saturated heterocycles. The van der Waals surface area contributed by atoms with E-state index in [0.717, 1.165) is 19.3 Å². The standard InChI is InChI=1S/C19H26N2O3/c1-13(2)12-16-18(22)20-10-5-11-21(16)19(23)15-6-3-4-7-17(15)24-14-8-9-14/h3-4,6-7,13-14,16H,5,8-12H2,1-2H3,(H,20,22). The van der Waals surface area contributed by atoms with Gasteiger partial charge < -0.3 is 15.0 Å². The highest BCUT2D eigenvalue weighted by Gasteiger charge is 2.34. The molecule has 5 nitrogen and oxygen atoms in total. The fourth-order valence-corrected chi connectivity index (χ4v) is 3.07. The van der Waals surface area contributed by atoms with Crippen molar-refractivity contribution in [2.45, 2.75) is 51.7 Å². The zero-order valence-electron chi connectivity index (χ0n) is 14.5. The summed E-state index contributed by atoms with van der Waals surface area (Å²) < 4.78 is 5.89. The van der Waals surface area contributed by atoms with Crippen molar-refractivity contribution in [2.75, 3.05) is 13.1 Å². The zero-order valence-corrected chi connectivity index (χ0v) is 14.5. The molecule has 24 heavy (non-hydrogen) atoms. The van der Waals surface area contributed by atoms with Gasteiger partial charge in [0.05, 0.1) is 11.7 Å². The summed E-state index contributed by atoms with van der Waals surface area (Å²) >= 11 is 0. The molecule has 0 bridgehead atoms. The lowest BCUT2D eigenvalue weighted by atomic mass is 10.0. The van der Waals surface area contributed by atoms with Crippen molar-refractivity contribution in [3.05, 3.63) is 29.8 Å². The van der Waals surface area contributed by atoms with Gasteiger partial charge in [-0.3, -0.25) is 9.59 Å². The molecule has 1 heterocycles. The highest BCUT2D eigenvalue weighted by molar-refractivity contribution is 5.99. The predicted octanol–water partition coefficient (Wildman–Crippen LogP) is 2.60. The average Bonchev–Trinajstić information content (AvgIpc) is 3.37. The Morgan fingerprint density at radius 1 is 1.33 bits per heavy atom. The SMILES string of the molecule is CC(C)CC1C(=O)NCCCN1C(=O)c1ccccc1OC1CC1. The molecule has 1 N–H and O–H groups in total. The molecule has 130 valence electrons. The highest BCUT2D eigenvalue weighted by Crippen LogP contribution is 2.30. The van der Waals surface area contributed by atoms with Gasteiger partial charge in [-0.1, -0.05) is 26.0 Å². The minimum Gasteiger partial charge on any atom is -0.490 e. The van der Waals surface area contributed by atoms with Gasteiger partial charge in [0.2, 0.25) is 5.91 Å². The molecule has 2 amide bonds. The smallest absolute Gasteiger partial charge is 0.258 e. The molecule has 5 heteroatoms. The van der Waals surface area contributed by atoms with Crippen LogP contribution in [0.5, 0.6) is 5.75 Å². The minimum atomic E-state index is -0.408. The molecule has 1 atom stereocenters. The molecule has 1 aromatic carbocycles. The normalized spacial score (nSPS) is 21.4. The minimum absolute atomic E-state index is 0.0462. The number of hydrogen-bond acceptors (Lipinski definition) is 3. The molecule has 0 spiro atoms. The zero-order chi connectivity index (χ0) is 17.1. The fraction of sp³-hybridized carbons (Fsp3) is 0.579. The van der Waals surface area contributed by atoms with Crippen LogP contribution in [0.15, 0.2) is 24.3 Å². The van der Waals surface area contributed by atoms with Gasteiger partial charge >= 0.3 is 0 Å². The summed E-state index contributed by atoms with van der Waals surface area (Å²) in [5, 5.41) is 2.93. The Morgan fingerprint density at radius 2 is 2.08 bits per heavy atom. The lowest BCUT2D eigenvalue weighted by Gasteiger charge is -2.30. The van der Waals surface area contributed by atoms with Crippen molar-refractivity contribution in [2.24, 2.45) is 5.92 Å². The highest BCUT2D eigenvalue weighted by atomic mass is 16.5. The van der Waals surface area contributed by atoms with E-state index < -0.39 is 6.04 Å². The quantitative estimate of drug-likeness (QED) is 0.903. The first-order chi connectivity index (χ1) is 11.6. The van der Waals surface area contributed by atoms with Crippen molar-refractivity contribution in [1.29, 1.82) is 0 Å². The Hall–Kier alpha value is -2.04. The maximum absolute atomic E-state index is 13.2. The summed E-state index contributed by atoms with van der Waals surface area (Å²) in [4.78, 5) is 27.3. The molecule has 1 aromatic rings. The molecule has 1 unspecified atom stereocenters. The van der Waals surface area contributed by atoms with E-state index in [4.69, 9.17) is 4.74 Å². The second-order valence-electron chi connectivity index (χ2n) is 7.10. The van der Waals surface area contributed by atoms with E-state index in [1.54, 1.807) is 11.0 Å². The van der Waals surface area contributed by atoms with Gasteiger partial charge in [0, 0.05) is 13.1 Å². The summed E-state index contributed by atoms with van der Waals surface area (Å²) in [6, 6.07) is 6.97. The number of benzene rings is 1. The molecule has 2 fully saturated rings. The third-order valence-corrected chi connectivity index (χ3v) is 4.44. The second-order valence-corrected chi connectivity index (χ2v) is 7.10. The number of nitrogens with zero attached hydrogens (tertiary/aromatic N) is 1. The predicted molar refractivity (Wildman–Crippen MR) is 92.0 cm³/mol. The van der Waals surface area contributed by atoms with E-state index in [9.17, 15) is 9.59 Å². The Morgan fingerprint density at radius 3 is 2.79 bits per heavy atom. The number of carbonyl (C=O) groups excluding carboxylic acids is 2. The molecular weight excluding hydrogens is 304 g/mol. The van der Waals surface area contributed by atoms with Gasteiger partial charge in [-0.2, -0.15) is 0 Å². The van der Waals surface area contributed by atoms with Crippen LogP contribution in [-0.2, 0) is 4.79 Å². The van der Waals surface area contributed by atoms with Crippen molar-refractivity contribution >= 4 is 11.8 Å². The lowest BCUT2D eigenvalue weighted by Crippen LogP contribution is -2.47. The first-order valence-corrected chi connectivity index (χ1v) is 8.90. The van der Waals surface area contributed by atoms with Crippen molar-refractivity contribution in [3.8, 4) is 5.75 Å². The average molecular weight is 330 g/mol. The first-order valence-electron chi connectivity index (χ1n) is 8.90. The molecule has 3 rings (SSSR count). The summed E-state index contributed by atoms with van der Waals surface area (Å²) in [5.41, 5.74) is 0.563. The van der Waals surface area contributed by atoms with Crippen LogP contribution in [-0.4, -0.2) is 41.9 Å². The lowest BCUT2D eigenvalue weighted by molar-refractivity contribution is -0.125. The van der Waals surface area contributed by atoms with E-state index in [2.05, 4.69) is 19.2 Å². The summed E-state index contributed by atoms with van der Waals surface area (Å²) in [5.74, 6) is 0.828. The number of ether oxygens (including phenoxy) is 1. The van der Waals surface area contributed by atoms with Gasteiger partial charge in [0.25, 0.3) is 5.91 Å². The third kappa shape index (κ3) is 3.89. The number of para-hydroxylation sites is 1. The van der Waals surface area contributed by atoms with Gasteiger partial charge in [-0.25, -0.2) is 0 Å². The Labute approximate surface area is 143 Å². The molecule has 1 saturated carbocycles.